The van der Waals surface area contributed by atoms with Crippen molar-refractivity contribution in [2.24, 2.45) is 0 Å². The molecule has 0 aliphatic carbocycles. The van der Waals surface area contributed by atoms with Gasteiger partial charge in [0.05, 0.1) is 12.7 Å². The Morgan fingerprint density at radius 3 is 2.45 bits per heavy atom. The molecule has 0 bridgehead atoms. The molecule has 0 saturated carbocycles. The summed E-state index contributed by atoms with van der Waals surface area (Å²) in [4.78, 5) is 24.5. The minimum absolute atomic E-state index is 0.0430. The lowest BCUT2D eigenvalue weighted by atomic mass is 10.2. The van der Waals surface area contributed by atoms with Gasteiger partial charge in [0.2, 0.25) is 0 Å². The van der Waals surface area contributed by atoms with Crippen LogP contribution in [0.4, 0.5) is 0 Å². The molecule has 6 heteroatoms. The molecule has 0 unspecified atom stereocenters. The van der Waals surface area contributed by atoms with Gasteiger partial charge in [-0.05, 0) is 38.9 Å². The molecule has 122 valence electrons. The van der Waals surface area contributed by atoms with Crippen molar-refractivity contribution >= 4 is 5.91 Å². The summed E-state index contributed by atoms with van der Waals surface area (Å²) in [6.45, 7) is 4.21. The Bertz CT molecular complexity index is 456. The number of rotatable bonds is 6. The first-order valence-corrected chi connectivity index (χ1v) is 8.04. The third-order valence-corrected chi connectivity index (χ3v) is 4.07. The Kier molecular flexibility index (Phi) is 6.58. The molecule has 1 fully saturated rings. The summed E-state index contributed by atoms with van der Waals surface area (Å²) in [5.74, 6) is -0.0430. The van der Waals surface area contributed by atoms with Crippen LogP contribution < -0.4 is 4.74 Å². The van der Waals surface area contributed by atoms with E-state index in [-0.39, 0.29) is 11.9 Å². The number of aromatic nitrogens is 2. The maximum Gasteiger partial charge on any atom is 0.316 e. The van der Waals surface area contributed by atoms with E-state index in [1.54, 1.807) is 4.90 Å². The summed E-state index contributed by atoms with van der Waals surface area (Å²) >= 11 is 0. The van der Waals surface area contributed by atoms with Crippen molar-refractivity contribution in [2.75, 3.05) is 40.3 Å². The Morgan fingerprint density at radius 1 is 1.23 bits per heavy atom. The normalized spacial score (nSPS) is 16.1. The van der Waals surface area contributed by atoms with E-state index >= 15 is 0 Å². The zero-order valence-electron chi connectivity index (χ0n) is 13.6. The molecule has 1 saturated heterocycles. The summed E-state index contributed by atoms with van der Waals surface area (Å²) < 4.78 is 4.90. The summed E-state index contributed by atoms with van der Waals surface area (Å²) in [6.07, 6.45) is 9.34. The number of likely N-dealkylation sites (tertiary alicyclic amines) is 1. The van der Waals surface area contributed by atoms with E-state index in [0.29, 0.717) is 5.56 Å². The molecule has 1 aromatic rings. The largest absolute Gasteiger partial charge is 0.467 e. The highest BCUT2D eigenvalue weighted by atomic mass is 16.5. The Balaban J connectivity index is 1.75. The quantitative estimate of drug-likeness (QED) is 0.802. The van der Waals surface area contributed by atoms with Crippen LogP contribution in [0.5, 0.6) is 6.01 Å². The van der Waals surface area contributed by atoms with Gasteiger partial charge >= 0.3 is 6.01 Å². The summed E-state index contributed by atoms with van der Waals surface area (Å²) in [6, 6.07) is 0.278. The van der Waals surface area contributed by atoms with Gasteiger partial charge in [-0.1, -0.05) is 12.8 Å². The molecule has 0 atom stereocenters. The van der Waals surface area contributed by atoms with E-state index in [2.05, 4.69) is 14.9 Å². The van der Waals surface area contributed by atoms with Gasteiger partial charge in [-0.3, -0.25) is 4.79 Å². The zero-order valence-corrected chi connectivity index (χ0v) is 13.6. The van der Waals surface area contributed by atoms with E-state index in [9.17, 15) is 4.79 Å². The third-order valence-electron chi connectivity index (χ3n) is 4.07. The van der Waals surface area contributed by atoms with E-state index in [1.807, 2.05) is 7.05 Å². The molecule has 6 nitrogen and oxygen atoms in total. The molecule has 1 amide bonds. The Hall–Kier alpha value is -1.69. The molecule has 1 aromatic heterocycles. The number of hydrogen-bond donors (Lipinski definition) is 0. The van der Waals surface area contributed by atoms with Crippen LogP contribution in [-0.2, 0) is 0 Å². The van der Waals surface area contributed by atoms with Crippen molar-refractivity contribution in [3.63, 3.8) is 0 Å². The molecular formula is C16H26N4O2. The van der Waals surface area contributed by atoms with Gasteiger partial charge in [-0.15, -0.1) is 0 Å². The average Bonchev–Trinajstić information content (AvgIpc) is 2.83. The van der Waals surface area contributed by atoms with Crippen molar-refractivity contribution in [3.05, 3.63) is 18.0 Å². The zero-order chi connectivity index (χ0) is 15.8. The highest BCUT2D eigenvalue weighted by molar-refractivity contribution is 5.93. The van der Waals surface area contributed by atoms with Crippen LogP contribution in [-0.4, -0.2) is 66.0 Å². The number of carbonyl (C=O) groups excluding carboxylic acids is 1. The first kappa shape index (κ1) is 16.7. The van der Waals surface area contributed by atoms with E-state index in [0.717, 1.165) is 19.5 Å². The van der Waals surface area contributed by atoms with Gasteiger partial charge in [-0.25, -0.2) is 9.97 Å². The topological polar surface area (TPSA) is 58.6 Å². The molecule has 0 radical (unpaired) electrons. The lowest BCUT2D eigenvalue weighted by Crippen LogP contribution is -2.32. The van der Waals surface area contributed by atoms with Crippen molar-refractivity contribution < 1.29 is 9.53 Å². The fourth-order valence-corrected chi connectivity index (χ4v) is 2.75. The summed E-state index contributed by atoms with van der Waals surface area (Å²) in [5, 5.41) is 0. The predicted octanol–water partition coefficient (Wildman–Crippen LogP) is 1.82. The number of nitrogens with zero attached hydrogens (tertiary/aromatic N) is 4. The minimum atomic E-state index is -0.0430. The molecule has 0 aromatic carbocycles. The predicted molar refractivity (Wildman–Crippen MR) is 85.1 cm³/mol. The lowest BCUT2D eigenvalue weighted by molar-refractivity contribution is 0.0787. The Labute approximate surface area is 132 Å². The molecule has 22 heavy (non-hydrogen) atoms. The van der Waals surface area contributed by atoms with E-state index in [1.165, 1.54) is 58.3 Å². The van der Waals surface area contributed by atoms with E-state index in [4.69, 9.17) is 4.74 Å². The maximum atomic E-state index is 12.3. The number of methoxy groups -OCH3 is 1. The maximum absolute atomic E-state index is 12.3. The van der Waals surface area contributed by atoms with Gasteiger partial charge in [0.1, 0.15) is 0 Å². The second kappa shape index (κ2) is 8.68. The van der Waals surface area contributed by atoms with Crippen LogP contribution in [0.2, 0.25) is 0 Å². The standard InChI is InChI=1S/C16H26N4O2/c1-19(8-7-11-20-9-5-3-4-6-10-20)15(21)14-12-17-16(22-2)18-13-14/h12-13H,3-11H2,1-2H3. The molecule has 0 spiro atoms. The van der Waals surface area contributed by atoms with E-state index < -0.39 is 0 Å². The second-order valence-corrected chi connectivity index (χ2v) is 5.79. The number of carbonyl (C=O) groups is 1. The monoisotopic (exact) mass is 306 g/mol. The highest BCUT2D eigenvalue weighted by Crippen LogP contribution is 2.10. The minimum Gasteiger partial charge on any atom is -0.467 e. The fourth-order valence-electron chi connectivity index (χ4n) is 2.75. The van der Waals surface area contributed by atoms with Crippen molar-refractivity contribution in [3.8, 4) is 6.01 Å². The van der Waals surface area contributed by atoms with Crippen molar-refractivity contribution in [1.82, 2.24) is 19.8 Å². The lowest BCUT2D eigenvalue weighted by Gasteiger charge is -2.22. The summed E-state index contributed by atoms with van der Waals surface area (Å²) in [5.41, 5.74) is 0.498. The van der Waals surface area contributed by atoms with Gasteiger partial charge < -0.3 is 14.5 Å². The smallest absolute Gasteiger partial charge is 0.316 e. The molecule has 2 rings (SSSR count). The Morgan fingerprint density at radius 2 is 1.86 bits per heavy atom. The molecule has 2 heterocycles. The number of hydrogen-bond acceptors (Lipinski definition) is 5. The molecule has 1 aliphatic heterocycles. The van der Waals surface area contributed by atoms with Gasteiger partial charge in [-0.2, -0.15) is 0 Å². The van der Waals surface area contributed by atoms with Crippen molar-refractivity contribution in [2.45, 2.75) is 32.1 Å². The van der Waals surface area contributed by atoms with Crippen LogP contribution >= 0.6 is 0 Å². The number of amides is 1. The average molecular weight is 306 g/mol. The van der Waals surface area contributed by atoms with Crippen LogP contribution in [0.1, 0.15) is 42.5 Å². The SMILES string of the molecule is COc1ncc(C(=O)N(C)CCCN2CCCCCC2)cn1. The summed E-state index contributed by atoms with van der Waals surface area (Å²) in [7, 11) is 3.33. The first-order valence-electron chi connectivity index (χ1n) is 8.04. The van der Waals surface area contributed by atoms with Crippen LogP contribution in [0, 0.1) is 0 Å². The third kappa shape index (κ3) is 4.94. The second-order valence-electron chi connectivity index (χ2n) is 5.79. The van der Waals surface area contributed by atoms with Gasteiger partial charge in [0.25, 0.3) is 5.91 Å². The van der Waals surface area contributed by atoms with Crippen LogP contribution in [0.15, 0.2) is 12.4 Å². The fraction of sp³-hybridized carbons (Fsp3) is 0.688. The van der Waals surface area contributed by atoms with Crippen LogP contribution in [0.25, 0.3) is 0 Å². The highest BCUT2D eigenvalue weighted by Gasteiger charge is 2.14. The van der Waals surface area contributed by atoms with Crippen molar-refractivity contribution in [1.29, 1.82) is 0 Å². The van der Waals surface area contributed by atoms with Gasteiger partial charge in [0.15, 0.2) is 0 Å². The molecular weight excluding hydrogens is 280 g/mol. The van der Waals surface area contributed by atoms with Crippen LogP contribution in [0.3, 0.4) is 0 Å². The van der Waals surface area contributed by atoms with Gasteiger partial charge in [0, 0.05) is 26.0 Å². The molecule has 0 N–H and O–H groups in total. The first-order chi connectivity index (χ1) is 10.7. The molecule has 1 aliphatic rings. The number of ether oxygens (including phenoxy) is 1.